The Morgan fingerprint density at radius 3 is 2.47 bits per heavy atom. The van der Waals surface area contributed by atoms with Gasteiger partial charge in [0.25, 0.3) is 12.0 Å². The number of aromatic amines is 1. The second kappa shape index (κ2) is 10.6. The van der Waals surface area contributed by atoms with Crippen LogP contribution in [0.3, 0.4) is 0 Å². The van der Waals surface area contributed by atoms with Gasteiger partial charge in [-0.15, -0.1) is 0 Å². The first-order valence-corrected chi connectivity index (χ1v) is 10.8. The number of aromatic nitrogens is 1. The molecule has 1 saturated heterocycles. The number of pyridine rings is 1. The van der Waals surface area contributed by atoms with Crippen LogP contribution in [0.5, 0.6) is 0 Å². The monoisotopic (exact) mass is 435 g/mol. The van der Waals surface area contributed by atoms with Crippen molar-refractivity contribution in [2.45, 2.75) is 39.2 Å². The number of aryl methyl sites for hydroxylation is 1. The normalized spacial score (nSPS) is 14.2. The van der Waals surface area contributed by atoms with Gasteiger partial charge in [0.1, 0.15) is 6.04 Å². The molecule has 1 aromatic heterocycles. The number of rotatable bonds is 4. The number of nitrogens with one attached hydrogen (secondary N) is 2. The number of amides is 1. The molecule has 1 aliphatic heterocycles. The summed E-state index contributed by atoms with van der Waals surface area (Å²) in [6.07, 6.45) is 5.13. The smallest absolute Gasteiger partial charge is 0.290 e. The molecule has 7 heteroatoms. The highest BCUT2D eigenvalue weighted by molar-refractivity contribution is 5.98. The van der Waals surface area contributed by atoms with Gasteiger partial charge in [0.2, 0.25) is 5.91 Å². The van der Waals surface area contributed by atoms with Gasteiger partial charge in [-0.2, -0.15) is 0 Å². The van der Waals surface area contributed by atoms with Crippen molar-refractivity contribution >= 4 is 28.8 Å². The number of piperidine rings is 1. The number of hydrogen-bond acceptors (Lipinski definition) is 4. The van der Waals surface area contributed by atoms with E-state index in [1.807, 2.05) is 42.2 Å². The molecule has 2 aromatic carbocycles. The summed E-state index contributed by atoms with van der Waals surface area (Å²) in [5.74, 6) is 0.118. The largest absolute Gasteiger partial charge is 0.483 e. The fourth-order valence-corrected chi connectivity index (χ4v) is 4.15. The molecule has 1 fully saturated rings. The summed E-state index contributed by atoms with van der Waals surface area (Å²) in [6, 6.07) is 13.6. The molecule has 3 N–H and O–H groups in total. The standard InChI is InChI=1S/C24H27N3O2.CH2O2/c1-16-8-4-5-9-19(16)22-15-25-23(28)21-14-18(10-11-20(21)22)26-17(2)24(29)27-12-6-3-7-13-27;2-1-3/h4-5,8-11,14-15,17,26H,3,6-7,12-13H2,1-2H3,(H,25,28);1H,(H,2,3). The lowest BCUT2D eigenvalue weighted by Crippen LogP contribution is -2.43. The van der Waals surface area contributed by atoms with Crippen LogP contribution in [-0.2, 0) is 9.59 Å². The number of carbonyl (C=O) groups is 2. The minimum atomic E-state index is -0.329. The molecular formula is C25H29N3O4. The average molecular weight is 436 g/mol. The van der Waals surface area contributed by atoms with Crippen LogP contribution in [0.15, 0.2) is 53.5 Å². The first-order valence-electron chi connectivity index (χ1n) is 10.8. The molecule has 3 aromatic rings. The Labute approximate surface area is 187 Å². The number of fused-ring (bicyclic) bond motifs is 1. The second-order valence-corrected chi connectivity index (χ2v) is 7.96. The van der Waals surface area contributed by atoms with E-state index in [4.69, 9.17) is 9.90 Å². The first kappa shape index (κ1) is 23.1. The quantitative estimate of drug-likeness (QED) is 0.537. The van der Waals surface area contributed by atoms with Crippen molar-refractivity contribution in [3.63, 3.8) is 0 Å². The van der Waals surface area contributed by atoms with Gasteiger partial charge < -0.3 is 20.3 Å². The van der Waals surface area contributed by atoms with E-state index in [-0.39, 0.29) is 24.0 Å². The number of H-pyrrole nitrogens is 1. The third-order valence-corrected chi connectivity index (χ3v) is 5.76. The Kier molecular flexibility index (Phi) is 7.65. The van der Waals surface area contributed by atoms with Crippen molar-refractivity contribution in [1.29, 1.82) is 0 Å². The highest BCUT2D eigenvalue weighted by Crippen LogP contribution is 2.30. The predicted octanol–water partition coefficient (Wildman–Crippen LogP) is 4.02. The number of benzene rings is 2. The molecule has 2 heterocycles. The van der Waals surface area contributed by atoms with Crippen LogP contribution in [-0.4, -0.2) is 46.5 Å². The summed E-state index contributed by atoms with van der Waals surface area (Å²) in [5, 5.41) is 11.7. The highest BCUT2D eigenvalue weighted by atomic mass is 16.3. The zero-order valence-corrected chi connectivity index (χ0v) is 18.4. The molecule has 7 nitrogen and oxygen atoms in total. The summed E-state index contributed by atoms with van der Waals surface area (Å²) >= 11 is 0. The lowest BCUT2D eigenvalue weighted by atomic mass is 9.97. The van der Waals surface area contributed by atoms with E-state index in [2.05, 4.69) is 29.4 Å². The fourth-order valence-electron chi connectivity index (χ4n) is 4.15. The molecule has 0 saturated carbocycles. The van der Waals surface area contributed by atoms with Crippen molar-refractivity contribution in [1.82, 2.24) is 9.88 Å². The molecular weight excluding hydrogens is 406 g/mol. The molecule has 0 spiro atoms. The number of anilines is 1. The number of nitrogens with zero attached hydrogens (tertiary/aromatic N) is 1. The van der Waals surface area contributed by atoms with E-state index in [9.17, 15) is 9.59 Å². The summed E-state index contributed by atoms with van der Waals surface area (Å²) in [6.45, 7) is 5.37. The van der Waals surface area contributed by atoms with Crippen molar-refractivity contribution < 1.29 is 14.7 Å². The van der Waals surface area contributed by atoms with Gasteiger partial charge in [-0.05, 0) is 61.8 Å². The Bertz CT molecular complexity index is 1150. The lowest BCUT2D eigenvalue weighted by molar-refractivity contribution is -0.132. The summed E-state index contributed by atoms with van der Waals surface area (Å²) in [5.41, 5.74) is 3.91. The van der Waals surface area contributed by atoms with Crippen LogP contribution in [0.4, 0.5) is 5.69 Å². The van der Waals surface area contributed by atoms with Crippen molar-refractivity contribution in [2.24, 2.45) is 0 Å². The molecule has 1 unspecified atom stereocenters. The number of carboxylic acid groups (broad SMARTS) is 1. The molecule has 1 atom stereocenters. The first-order chi connectivity index (χ1) is 15.5. The number of likely N-dealkylation sites (tertiary alicyclic amines) is 1. The maximum Gasteiger partial charge on any atom is 0.290 e. The minimum Gasteiger partial charge on any atom is -0.483 e. The molecule has 168 valence electrons. The second-order valence-electron chi connectivity index (χ2n) is 7.96. The predicted molar refractivity (Wildman–Crippen MR) is 127 cm³/mol. The van der Waals surface area contributed by atoms with Crippen LogP contribution >= 0.6 is 0 Å². The highest BCUT2D eigenvalue weighted by Gasteiger charge is 2.22. The zero-order valence-electron chi connectivity index (χ0n) is 18.4. The Balaban J connectivity index is 0.000000913. The van der Waals surface area contributed by atoms with Crippen LogP contribution in [0.2, 0.25) is 0 Å². The topological polar surface area (TPSA) is 103 Å². The van der Waals surface area contributed by atoms with E-state index in [1.165, 1.54) is 6.42 Å². The van der Waals surface area contributed by atoms with E-state index in [0.717, 1.165) is 53.7 Å². The van der Waals surface area contributed by atoms with Gasteiger partial charge in [-0.25, -0.2) is 0 Å². The minimum absolute atomic E-state index is 0.118. The van der Waals surface area contributed by atoms with Gasteiger partial charge in [-0.1, -0.05) is 30.3 Å². The molecule has 1 aliphatic rings. The van der Waals surface area contributed by atoms with Crippen molar-refractivity contribution in [3.8, 4) is 11.1 Å². The van der Waals surface area contributed by atoms with Crippen LogP contribution in [0, 0.1) is 6.92 Å². The third kappa shape index (κ3) is 5.17. The molecule has 0 bridgehead atoms. The fraction of sp³-hybridized carbons (Fsp3) is 0.320. The summed E-state index contributed by atoms with van der Waals surface area (Å²) < 4.78 is 0. The van der Waals surface area contributed by atoms with Crippen molar-refractivity contribution in [3.05, 3.63) is 64.6 Å². The SMILES string of the molecule is Cc1ccccc1-c1c[nH]c(=O)c2cc(NC(C)C(=O)N3CCCCC3)ccc12.O=CO. The maximum atomic E-state index is 12.7. The average Bonchev–Trinajstić information content (AvgIpc) is 2.81. The Hall–Kier alpha value is -3.61. The van der Waals surface area contributed by atoms with Gasteiger partial charge >= 0.3 is 0 Å². The van der Waals surface area contributed by atoms with Gasteiger partial charge in [0.15, 0.2) is 0 Å². The van der Waals surface area contributed by atoms with E-state index >= 15 is 0 Å². The van der Waals surface area contributed by atoms with E-state index in [1.54, 1.807) is 6.20 Å². The molecule has 1 amide bonds. The van der Waals surface area contributed by atoms with Crippen molar-refractivity contribution in [2.75, 3.05) is 18.4 Å². The Morgan fingerprint density at radius 1 is 1.09 bits per heavy atom. The third-order valence-electron chi connectivity index (χ3n) is 5.76. The van der Waals surface area contributed by atoms with E-state index < -0.39 is 0 Å². The van der Waals surface area contributed by atoms with Gasteiger partial charge in [0.05, 0.1) is 0 Å². The number of hydrogen-bond donors (Lipinski definition) is 3. The van der Waals surface area contributed by atoms with Crippen LogP contribution < -0.4 is 10.9 Å². The van der Waals surface area contributed by atoms with Gasteiger partial charge in [0, 0.05) is 35.9 Å². The summed E-state index contributed by atoms with van der Waals surface area (Å²) in [7, 11) is 0. The molecule has 32 heavy (non-hydrogen) atoms. The lowest BCUT2D eigenvalue weighted by Gasteiger charge is -2.29. The van der Waals surface area contributed by atoms with Gasteiger partial charge in [-0.3, -0.25) is 14.4 Å². The van der Waals surface area contributed by atoms with Crippen LogP contribution in [0.1, 0.15) is 31.7 Å². The zero-order chi connectivity index (χ0) is 23.1. The Morgan fingerprint density at radius 2 is 1.78 bits per heavy atom. The maximum absolute atomic E-state index is 12.7. The number of carbonyl (C=O) groups excluding carboxylic acids is 1. The molecule has 4 rings (SSSR count). The van der Waals surface area contributed by atoms with Crippen LogP contribution in [0.25, 0.3) is 21.9 Å². The summed E-state index contributed by atoms with van der Waals surface area (Å²) in [4.78, 5) is 38.4. The van der Waals surface area contributed by atoms with E-state index in [0.29, 0.717) is 5.39 Å². The molecule has 0 radical (unpaired) electrons. The molecule has 0 aliphatic carbocycles.